The topological polar surface area (TPSA) is 52.2 Å². The second-order valence-corrected chi connectivity index (χ2v) is 4.99. The lowest BCUT2D eigenvalue weighted by Gasteiger charge is -2.05. The number of hydrogen-bond acceptors (Lipinski definition) is 4. The highest BCUT2D eigenvalue weighted by atomic mass is 16.5. The van der Waals surface area contributed by atoms with E-state index in [0.717, 1.165) is 29.4 Å². The summed E-state index contributed by atoms with van der Waals surface area (Å²) in [7, 11) is 1.86. The van der Waals surface area contributed by atoms with Gasteiger partial charge in [-0.1, -0.05) is 13.8 Å². The van der Waals surface area contributed by atoms with Crippen LogP contribution in [0.1, 0.15) is 30.9 Å². The van der Waals surface area contributed by atoms with Gasteiger partial charge in [0.15, 0.2) is 0 Å². The molecule has 0 aliphatic rings. The number of aromatic nitrogens is 2. The number of nitrogens with one attached hydrogen (secondary N) is 1. The third kappa shape index (κ3) is 3.86. The first kappa shape index (κ1) is 13.7. The molecule has 0 aliphatic carbocycles. The molecule has 0 bridgehead atoms. The van der Waals surface area contributed by atoms with Crippen LogP contribution in [0.5, 0.6) is 5.88 Å². The van der Waals surface area contributed by atoms with Crippen LogP contribution in [0, 0.1) is 6.92 Å². The Morgan fingerprint density at radius 2 is 2.21 bits per heavy atom. The summed E-state index contributed by atoms with van der Waals surface area (Å²) < 4.78 is 12.9. The van der Waals surface area contributed by atoms with Crippen LogP contribution in [0.2, 0.25) is 0 Å². The van der Waals surface area contributed by atoms with Crippen molar-refractivity contribution in [3.05, 3.63) is 35.4 Å². The lowest BCUT2D eigenvalue weighted by Crippen LogP contribution is -2.21. The van der Waals surface area contributed by atoms with Crippen molar-refractivity contribution in [1.82, 2.24) is 15.1 Å². The van der Waals surface area contributed by atoms with Crippen LogP contribution in [0.25, 0.3) is 0 Å². The van der Waals surface area contributed by atoms with Crippen molar-refractivity contribution in [2.24, 2.45) is 7.05 Å². The zero-order chi connectivity index (χ0) is 13.8. The van der Waals surface area contributed by atoms with Crippen LogP contribution >= 0.6 is 0 Å². The quantitative estimate of drug-likeness (QED) is 0.869. The molecule has 0 fully saturated rings. The van der Waals surface area contributed by atoms with E-state index >= 15 is 0 Å². The molecule has 2 rings (SSSR count). The smallest absolute Gasteiger partial charge is 0.212 e. The fourth-order valence-electron chi connectivity index (χ4n) is 1.78. The van der Waals surface area contributed by atoms with Crippen molar-refractivity contribution in [2.75, 3.05) is 0 Å². The SMILES string of the molecule is Cc1cc(OCc2cc(CNC(C)C)co2)n(C)n1. The summed E-state index contributed by atoms with van der Waals surface area (Å²) in [6.45, 7) is 7.41. The summed E-state index contributed by atoms with van der Waals surface area (Å²) in [5, 5.41) is 7.57. The minimum absolute atomic E-state index is 0.417. The molecule has 104 valence electrons. The Morgan fingerprint density at radius 1 is 1.42 bits per heavy atom. The number of hydrogen-bond donors (Lipinski definition) is 1. The normalized spacial score (nSPS) is 11.2. The fourth-order valence-corrected chi connectivity index (χ4v) is 1.78. The van der Waals surface area contributed by atoms with E-state index in [4.69, 9.17) is 9.15 Å². The maximum Gasteiger partial charge on any atom is 0.212 e. The largest absolute Gasteiger partial charge is 0.470 e. The molecule has 2 aromatic rings. The third-order valence-electron chi connectivity index (χ3n) is 2.74. The number of rotatable bonds is 6. The van der Waals surface area contributed by atoms with E-state index in [2.05, 4.69) is 24.3 Å². The molecule has 5 heteroatoms. The molecule has 5 nitrogen and oxygen atoms in total. The molecule has 0 aliphatic heterocycles. The molecule has 0 aromatic carbocycles. The Kier molecular flexibility index (Phi) is 4.27. The highest BCUT2D eigenvalue weighted by molar-refractivity contribution is 5.16. The number of furan rings is 1. The molecule has 0 radical (unpaired) electrons. The van der Waals surface area contributed by atoms with Crippen LogP contribution in [-0.4, -0.2) is 15.8 Å². The van der Waals surface area contributed by atoms with E-state index in [1.807, 2.05) is 26.1 Å². The molecule has 0 atom stereocenters. The first-order valence-electron chi connectivity index (χ1n) is 6.47. The zero-order valence-corrected chi connectivity index (χ0v) is 11.9. The molecule has 19 heavy (non-hydrogen) atoms. The standard InChI is InChI=1S/C14H21N3O2/c1-10(2)15-7-12-6-13(18-8-12)9-19-14-5-11(3)16-17(14)4/h5-6,8,10,15H,7,9H2,1-4H3. The lowest BCUT2D eigenvalue weighted by atomic mass is 10.3. The van der Waals surface area contributed by atoms with Crippen molar-refractivity contribution in [1.29, 1.82) is 0 Å². The van der Waals surface area contributed by atoms with E-state index < -0.39 is 0 Å². The second-order valence-electron chi connectivity index (χ2n) is 4.99. The van der Waals surface area contributed by atoms with Crippen LogP contribution in [0.4, 0.5) is 0 Å². The summed E-state index contributed by atoms with van der Waals surface area (Å²) in [6.07, 6.45) is 1.77. The van der Waals surface area contributed by atoms with E-state index in [1.54, 1.807) is 10.9 Å². The van der Waals surface area contributed by atoms with Crippen LogP contribution in [0.3, 0.4) is 0 Å². The summed E-state index contributed by atoms with van der Waals surface area (Å²) in [5.74, 6) is 1.56. The molecule has 0 saturated heterocycles. The van der Waals surface area contributed by atoms with E-state index in [1.165, 1.54) is 0 Å². The summed E-state index contributed by atoms with van der Waals surface area (Å²) in [6, 6.07) is 4.38. The van der Waals surface area contributed by atoms with Crippen molar-refractivity contribution in [2.45, 2.75) is 40.0 Å². The molecular formula is C14H21N3O2. The average molecular weight is 263 g/mol. The Hall–Kier alpha value is -1.75. The number of ether oxygens (including phenoxy) is 1. The zero-order valence-electron chi connectivity index (χ0n) is 11.9. The molecule has 2 aromatic heterocycles. The van der Waals surface area contributed by atoms with Gasteiger partial charge in [-0.2, -0.15) is 5.10 Å². The Bertz CT molecular complexity index is 529. The van der Waals surface area contributed by atoms with Gasteiger partial charge >= 0.3 is 0 Å². The summed E-state index contributed by atoms with van der Waals surface area (Å²) in [5.41, 5.74) is 2.08. The van der Waals surface area contributed by atoms with Gasteiger partial charge in [0.2, 0.25) is 5.88 Å². The first-order chi connectivity index (χ1) is 9.04. The van der Waals surface area contributed by atoms with E-state index in [-0.39, 0.29) is 0 Å². The van der Waals surface area contributed by atoms with Gasteiger partial charge in [0.1, 0.15) is 12.4 Å². The maximum absolute atomic E-state index is 5.67. The molecule has 0 unspecified atom stereocenters. The fraction of sp³-hybridized carbons (Fsp3) is 0.500. The van der Waals surface area contributed by atoms with Crippen molar-refractivity contribution in [3.63, 3.8) is 0 Å². The molecule has 0 saturated carbocycles. The summed E-state index contributed by atoms with van der Waals surface area (Å²) in [4.78, 5) is 0. The molecule has 1 N–H and O–H groups in total. The van der Waals surface area contributed by atoms with Gasteiger partial charge in [-0.25, -0.2) is 4.68 Å². The minimum Gasteiger partial charge on any atom is -0.470 e. The predicted octanol–water partition coefficient (Wildman–Crippen LogP) is 2.40. The van der Waals surface area contributed by atoms with Gasteiger partial charge in [0, 0.05) is 31.3 Å². The maximum atomic E-state index is 5.67. The van der Waals surface area contributed by atoms with Crippen LogP contribution < -0.4 is 10.1 Å². The van der Waals surface area contributed by atoms with Crippen LogP contribution in [-0.2, 0) is 20.2 Å². The summed E-state index contributed by atoms with van der Waals surface area (Å²) >= 11 is 0. The molecule has 0 amide bonds. The van der Waals surface area contributed by atoms with Gasteiger partial charge in [0.25, 0.3) is 0 Å². The van der Waals surface area contributed by atoms with E-state index in [9.17, 15) is 0 Å². The van der Waals surface area contributed by atoms with Gasteiger partial charge < -0.3 is 14.5 Å². The minimum atomic E-state index is 0.417. The predicted molar refractivity (Wildman–Crippen MR) is 73.0 cm³/mol. The van der Waals surface area contributed by atoms with Crippen molar-refractivity contribution >= 4 is 0 Å². The van der Waals surface area contributed by atoms with E-state index in [0.29, 0.717) is 12.6 Å². The highest BCUT2D eigenvalue weighted by Gasteiger charge is 2.06. The van der Waals surface area contributed by atoms with Gasteiger partial charge in [-0.05, 0) is 13.0 Å². The molecule has 2 heterocycles. The first-order valence-corrected chi connectivity index (χ1v) is 6.47. The Balaban J connectivity index is 1.88. The van der Waals surface area contributed by atoms with Gasteiger partial charge in [-0.3, -0.25) is 0 Å². The van der Waals surface area contributed by atoms with Gasteiger partial charge in [-0.15, -0.1) is 0 Å². The second kappa shape index (κ2) is 5.93. The van der Waals surface area contributed by atoms with Crippen molar-refractivity contribution in [3.8, 4) is 5.88 Å². The number of aryl methyl sites for hydroxylation is 2. The van der Waals surface area contributed by atoms with Gasteiger partial charge in [0.05, 0.1) is 12.0 Å². The molecule has 0 spiro atoms. The van der Waals surface area contributed by atoms with Crippen molar-refractivity contribution < 1.29 is 9.15 Å². The third-order valence-corrected chi connectivity index (χ3v) is 2.74. The monoisotopic (exact) mass is 263 g/mol. The molecular weight excluding hydrogens is 242 g/mol. The Morgan fingerprint density at radius 3 is 2.84 bits per heavy atom. The number of nitrogens with zero attached hydrogens (tertiary/aromatic N) is 2. The lowest BCUT2D eigenvalue weighted by molar-refractivity contribution is 0.249. The average Bonchev–Trinajstić information content (AvgIpc) is 2.91. The van der Waals surface area contributed by atoms with Crippen LogP contribution in [0.15, 0.2) is 22.8 Å². The Labute approximate surface area is 113 Å². The highest BCUT2D eigenvalue weighted by Crippen LogP contribution is 2.15.